The van der Waals surface area contributed by atoms with Gasteiger partial charge in [0.1, 0.15) is 12.7 Å². The first-order chi connectivity index (χ1) is 7.57. The molecule has 0 amide bonds. The van der Waals surface area contributed by atoms with E-state index in [9.17, 15) is 13.2 Å². The molecule has 1 fully saturated rings. The van der Waals surface area contributed by atoms with Crippen LogP contribution in [0.2, 0.25) is 0 Å². The average molecular weight is 234 g/mol. The highest BCUT2D eigenvalue weighted by molar-refractivity contribution is 5.71. The SMILES string of the molecule is FC(F)(F)C1CNC(N2C=CC=NC2)CN1. The molecule has 0 spiro atoms. The van der Waals surface area contributed by atoms with Gasteiger partial charge < -0.3 is 10.2 Å². The van der Waals surface area contributed by atoms with Crippen molar-refractivity contribution < 1.29 is 13.2 Å². The summed E-state index contributed by atoms with van der Waals surface area (Å²) in [6.07, 6.45) is 0.938. The lowest BCUT2D eigenvalue weighted by Crippen LogP contribution is -2.63. The van der Waals surface area contributed by atoms with E-state index in [4.69, 9.17) is 0 Å². The molecule has 2 atom stereocenters. The zero-order chi connectivity index (χ0) is 11.6. The molecule has 0 aromatic rings. The molecule has 2 heterocycles. The second-order valence-corrected chi connectivity index (χ2v) is 3.76. The minimum absolute atomic E-state index is 0.109. The lowest BCUT2D eigenvalue weighted by atomic mass is 10.2. The van der Waals surface area contributed by atoms with Crippen LogP contribution in [0.5, 0.6) is 0 Å². The van der Waals surface area contributed by atoms with Gasteiger partial charge in [-0.25, -0.2) is 0 Å². The largest absolute Gasteiger partial charge is 0.405 e. The van der Waals surface area contributed by atoms with E-state index < -0.39 is 12.2 Å². The number of alkyl halides is 3. The third kappa shape index (κ3) is 2.53. The van der Waals surface area contributed by atoms with Crippen LogP contribution in [-0.2, 0) is 0 Å². The fraction of sp³-hybridized carbons (Fsp3) is 0.667. The normalized spacial score (nSPS) is 30.8. The number of hydrogen-bond donors (Lipinski definition) is 2. The molecule has 90 valence electrons. The zero-order valence-electron chi connectivity index (χ0n) is 8.54. The third-order valence-electron chi connectivity index (χ3n) is 2.62. The number of piperazine rings is 1. The quantitative estimate of drug-likeness (QED) is 0.685. The average Bonchev–Trinajstić information content (AvgIpc) is 2.29. The first-order valence-electron chi connectivity index (χ1n) is 5.03. The van der Waals surface area contributed by atoms with E-state index in [1.807, 2.05) is 11.1 Å². The number of allylic oxidation sites excluding steroid dienone is 1. The van der Waals surface area contributed by atoms with Gasteiger partial charge in [0.25, 0.3) is 0 Å². The molecule has 4 nitrogen and oxygen atoms in total. The Labute approximate surface area is 91.2 Å². The van der Waals surface area contributed by atoms with Gasteiger partial charge in [0, 0.05) is 25.5 Å². The minimum atomic E-state index is -4.19. The van der Waals surface area contributed by atoms with Gasteiger partial charge in [0.05, 0.1) is 6.17 Å². The van der Waals surface area contributed by atoms with Crippen LogP contribution >= 0.6 is 0 Å². The van der Waals surface area contributed by atoms with E-state index in [-0.39, 0.29) is 19.3 Å². The molecule has 0 saturated carbocycles. The monoisotopic (exact) mass is 234 g/mol. The van der Waals surface area contributed by atoms with Crippen molar-refractivity contribution in [2.24, 2.45) is 4.99 Å². The predicted molar refractivity (Wildman–Crippen MR) is 54.0 cm³/mol. The molecule has 2 N–H and O–H groups in total. The third-order valence-corrected chi connectivity index (χ3v) is 2.62. The van der Waals surface area contributed by atoms with Gasteiger partial charge in [-0.2, -0.15) is 13.2 Å². The van der Waals surface area contributed by atoms with E-state index in [1.54, 1.807) is 12.3 Å². The predicted octanol–water partition coefficient (Wildman–Crippen LogP) is 0.294. The molecule has 16 heavy (non-hydrogen) atoms. The van der Waals surface area contributed by atoms with Crippen LogP contribution in [0.3, 0.4) is 0 Å². The highest BCUT2D eigenvalue weighted by atomic mass is 19.4. The Hall–Kier alpha value is -1.08. The van der Waals surface area contributed by atoms with Crippen molar-refractivity contribution in [3.63, 3.8) is 0 Å². The van der Waals surface area contributed by atoms with Crippen LogP contribution in [0.25, 0.3) is 0 Å². The van der Waals surface area contributed by atoms with Gasteiger partial charge in [0.2, 0.25) is 0 Å². The summed E-state index contributed by atoms with van der Waals surface area (Å²) >= 11 is 0. The Balaban J connectivity index is 1.85. The topological polar surface area (TPSA) is 39.7 Å². The number of nitrogens with one attached hydrogen (secondary N) is 2. The molecule has 2 aliphatic rings. The molecule has 2 aliphatic heterocycles. The van der Waals surface area contributed by atoms with Crippen molar-refractivity contribution in [3.05, 3.63) is 12.3 Å². The maximum absolute atomic E-state index is 12.4. The van der Waals surface area contributed by atoms with E-state index in [0.717, 1.165) is 0 Å². The first kappa shape index (κ1) is 11.4. The van der Waals surface area contributed by atoms with Crippen molar-refractivity contribution >= 4 is 6.21 Å². The van der Waals surface area contributed by atoms with Gasteiger partial charge in [-0.1, -0.05) is 0 Å². The summed E-state index contributed by atoms with van der Waals surface area (Å²) in [7, 11) is 0. The Kier molecular flexibility index (Phi) is 3.15. The molecule has 2 rings (SSSR count). The summed E-state index contributed by atoms with van der Waals surface area (Å²) in [5, 5.41) is 5.36. The Morgan fingerprint density at radius 3 is 2.56 bits per heavy atom. The summed E-state index contributed by atoms with van der Waals surface area (Å²) in [5.74, 6) is 0. The highest BCUT2D eigenvalue weighted by Gasteiger charge is 2.42. The van der Waals surface area contributed by atoms with Crippen molar-refractivity contribution in [2.45, 2.75) is 18.4 Å². The number of halogens is 3. The second-order valence-electron chi connectivity index (χ2n) is 3.76. The summed E-state index contributed by atoms with van der Waals surface area (Å²) in [6, 6.07) is -1.46. The summed E-state index contributed by atoms with van der Waals surface area (Å²) < 4.78 is 37.1. The summed E-state index contributed by atoms with van der Waals surface area (Å²) in [6.45, 7) is 0.624. The van der Waals surface area contributed by atoms with Crippen molar-refractivity contribution in [1.82, 2.24) is 15.5 Å². The standard InChI is InChI=1S/C9H13F3N4/c10-9(11,12)7-4-15-8(5-14-7)16-3-1-2-13-6-16/h1-3,7-8,14-15H,4-6H2. The molecular weight excluding hydrogens is 221 g/mol. The Bertz CT molecular complexity index is 292. The van der Waals surface area contributed by atoms with Crippen molar-refractivity contribution in [2.75, 3.05) is 19.8 Å². The van der Waals surface area contributed by atoms with Crippen LogP contribution < -0.4 is 10.6 Å². The summed E-state index contributed by atoms with van der Waals surface area (Å²) in [5.41, 5.74) is 0. The van der Waals surface area contributed by atoms with Crippen molar-refractivity contribution in [1.29, 1.82) is 0 Å². The number of aliphatic imine (C=N–C) groups is 1. The second kappa shape index (κ2) is 4.42. The lowest BCUT2D eigenvalue weighted by molar-refractivity contribution is -0.160. The number of nitrogens with zero attached hydrogens (tertiary/aromatic N) is 2. The van der Waals surface area contributed by atoms with E-state index in [2.05, 4.69) is 15.6 Å². The number of hydrogen-bond acceptors (Lipinski definition) is 4. The van der Waals surface area contributed by atoms with Crippen LogP contribution in [0, 0.1) is 0 Å². The molecule has 0 aromatic heterocycles. The molecule has 0 aliphatic carbocycles. The van der Waals surface area contributed by atoms with Gasteiger partial charge in [0.15, 0.2) is 0 Å². The van der Waals surface area contributed by atoms with Crippen LogP contribution in [-0.4, -0.2) is 49.3 Å². The van der Waals surface area contributed by atoms with Crippen LogP contribution in [0.1, 0.15) is 0 Å². The summed E-state index contributed by atoms with van der Waals surface area (Å²) in [4.78, 5) is 5.89. The Morgan fingerprint density at radius 2 is 2.06 bits per heavy atom. The van der Waals surface area contributed by atoms with Crippen LogP contribution in [0.15, 0.2) is 17.3 Å². The molecular formula is C9H13F3N4. The number of rotatable bonds is 1. The maximum Gasteiger partial charge on any atom is 0.405 e. The smallest absolute Gasteiger partial charge is 0.342 e. The maximum atomic E-state index is 12.4. The van der Waals surface area contributed by atoms with Gasteiger partial charge in [-0.3, -0.25) is 10.3 Å². The van der Waals surface area contributed by atoms with E-state index >= 15 is 0 Å². The molecule has 7 heteroatoms. The molecule has 1 saturated heterocycles. The highest BCUT2D eigenvalue weighted by Crippen LogP contribution is 2.21. The minimum Gasteiger partial charge on any atom is -0.342 e. The van der Waals surface area contributed by atoms with Gasteiger partial charge >= 0.3 is 6.18 Å². The molecule has 2 unspecified atom stereocenters. The van der Waals surface area contributed by atoms with Gasteiger partial charge in [-0.15, -0.1) is 0 Å². The molecule has 0 bridgehead atoms. The van der Waals surface area contributed by atoms with Crippen LogP contribution in [0.4, 0.5) is 13.2 Å². The van der Waals surface area contributed by atoms with Crippen molar-refractivity contribution in [3.8, 4) is 0 Å². The Morgan fingerprint density at radius 1 is 1.25 bits per heavy atom. The molecule has 0 radical (unpaired) electrons. The van der Waals surface area contributed by atoms with Gasteiger partial charge in [-0.05, 0) is 6.08 Å². The molecule has 0 aromatic carbocycles. The zero-order valence-corrected chi connectivity index (χ0v) is 8.54. The van der Waals surface area contributed by atoms with E-state index in [1.165, 1.54) is 0 Å². The lowest BCUT2D eigenvalue weighted by Gasteiger charge is -2.38. The van der Waals surface area contributed by atoms with E-state index in [0.29, 0.717) is 6.67 Å². The first-order valence-corrected chi connectivity index (χ1v) is 5.03. The fourth-order valence-electron chi connectivity index (χ4n) is 1.72. The fourth-order valence-corrected chi connectivity index (χ4v) is 1.72.